The number of rotatable bonds is 5. The summed E-state index contributed by atoms with van der Waals surface area (Å²) >= 11 is 12.4. The molecule has 0 fully saturated rings. The highest BCUT2D eigenvalue weighted by molar-refractivity contribution is 6.32. The van der Waals surface area contributed by atoms with Crippen molar-refractivity contribution >= 4 is 46.0 Å². The minimum absolute atomic E-state index is 0.0761. The van der Waals surface area contributed by atoms with E-state index in [0.29, 0.717) is 62.7 Å². The standard InChI is InChI=1S/C26H19Cl2N3O4/c1-14(32)18-8-9-34-23-12-24(20(28)11-19(18)23)35-17-5-2-15(3-6-17)26(33)31-25-13-29-22-10-16(27)4-7-21(22)30-25/h2-7,10-13,18,32H,1,8-9H2,(H,30,31,33). The second-order valence-electron chi connectivity index (χ2n) is 7.97. The van der Waals surface area contributed by atoms with Crippen LogP contribution in [0.15, 0.2) is 73.1 Å². The SMILES string of the molecule is C=C(O)C1CCOc2cc(Oc3ccc(C(=O)Nc4cnc5cc(Cl)ccc5n4)cc3)c(Cl)cc21. The number of allylic oxidation sites excluding steroid dienone is 1. The van der Waals surface area contributed by atoms with E-state index in [-0.39, 0.29) is 17.6 Å². The smallest absolute Gasteiger partial charge is 0.256 e. The Morgan fingerprint density at radius 3 is 2.69 bits per heavy atom. The fraction of sp³-hybridized carbons (Fsp3) is 0.115. The summed E-state index contributed by atoms with van der Waals surface area (Å²) in [6.07, 6.45) is 2.10. The second kappa shape index (κ2) is 9.44. The summed E-state index contributed by atoms with van der Waals surface area (Å²) in [5.41, 5.74) is 2.45. The van der Waals surface area contributed by atoms with Gasteiger partial charge < -0.3 is 19.9 Å². The number of benzene rings is 3. The van der Waals surface area contributed by atoms with Gasteiger partial charge in [0, 0.05) is 28.1 Å². The summed E-state index contributed by atoms with van der Waals surface area (Å²) in [6.45, 7) is 4.10. The third-order valence-electron chi connectivity index (χ3n) is 5.60. The molecule has 4 aromatic rings. The van der Waals surface area contributed by atoms with E-state index in [9.17, 15) is 9.90 Å². The van der Waals surface area contributed by atoms with Gasteiger partial charge in [0.1, 0.15) is 17.2 Å². The molecule has 0 bridgehead atoms. The Bertz CT molecular complexity index is 1460. The Labute approximate surface area is 211 Å². The Kier molecular flexibility index (Phi) is 6.19. The van der Waals surface area contributed by atoms with Crippen molar-refractivity contribution in [2.24, 2.45) is 0 Å². The van der Waals surface area contributed by atoms with Crippen LogP contribution in [0.1, 0.15) is 28.3 Å². The minimum Gasteiger partial charge on any atom is -0.512 e. The molecule has 0 saturated carbocycles. The molecule has 3 aromatic carbocycles. The van der Waals surface area contributed by atoms with Crippen LogP contribution in [0.3, 0.4) is 0 Å². The highest BCUT2D eigenvalue weighted by atomic mass is 35.5. The zero-order chi connectivity index (χ0) is 24.5. The number of aliphatic hydroxyl groups is 1. The average molecular weight is 508 g/mol. The normalized spacial score (nSPS) is 14.6. The molecule has 176 valence electrons. The van der Waals surface area contributed by atoms with Crippen LogP contribution in [0.5, 0.6) is 17.2 Å². The van der Waals surface area contributed by atoms with Gasteiger partial charge in [-0.15, -0.1) is 0 Å². The fourth-order valence-corrected chi connectivity index (χ4v) is 4.22. The fourth-order valence-electron chi connectivity index (χ4n) is 3.85. The molecule has 0 saturated heterocycles. The number of carbonyl (C=O) groups excluding carboxylic acids is 1. The second-order valence-corrected chi connectivity index (χ2v) is 8.81. The lowest BCUT2D eigenvalue weighted by atomic mass is 9.92. The number of aromatic nitrogens is 2. The van der Waals surface area contributed by atoms with Crippen LogP contribution in [0.25, 0.3) is 11.0 Å². The van der Waals surface area contributed by atoms with Crippen LogP contribution in [0, 0.1) is 0 Å². The first kappa shape index (κ1) is 23.0. The largest absolute Gasteiger partial charge is 0.512 e. The van der Waals surface area contributed by atoms with Crippen molar-refractivity contribution in [3.63, 3.8) is 0 Å². The molecule has 1 aliphatic heterocycles. The number of anilines is 1. The van der Waals surface area contributed by atoms with Gasteiger partial charge in [-0.2, -0.15) is 0 Å². The molecule has 9 heteroatoms. The van der Waals surface area contributed by atoms with E-state index in [1.54, 1.807) is 54.6 Å². The number of nitrogens with zero attached hydrogens (tertiary/aromatic N) is 2. The van der Waals surface area contributed by atoms with E-state index in [1.807, 2.05) is 0 Å². The van der Waals surface area contributed by atoms with Gasteiger partial charge in [0.25, 0.3) is 5.91 Å². The quantitative estimate of drug-likeness (QED) is 0.284. The third-order valence-corrected chi connectivity index (χ3v) is 6.13. The van der Waals surface area contributed by atoms with Crippen molar-refractivity contribution < 1.29 is 19.4 Å². The Balaban J connectivity index is 1.30. The van der Waals surface area contributed by atoms with Crippen LogP contribution in [0.4, 0.5) is 5.82 Å². The number of amides is 1. The Morgan fingerprint density at radius 1 is 1.11 bits per heavy atom. The molecular weight excluding hydrogens is 489 g/mol. The zero-order valence-electron chi connectivity index (χ0n) is 18.3. The number of hydrogen-bond donors (Lipinski definition) is 2. The lowest BCUT2D eigenvalue weighted by Gasteiger charge is -2.26. The van der Waals surface area contributed by atoms with Crippen LogP contribution in [-0.4, -0.2) is 27.6 Å². The first-order chi connectivity index (χ1) is 16.9. The van der Waals surface area contributed by atoms with E-state index >= 15 is 0 Å². The summed E-state index contributed by atoms with van der Waals surface area (Å²) in [5, 5.41) is 13.5. The van der Waals surface area contributed by atoms with E-state index in [4.69, 9.17) is 32.7 Å². The number of ether oxygens (including phenoxy) is 2. The minimum atomic E-state index is -0.338. The third kappa shape index (κ3) is 4.87. The molecule has 1 amide bonds. The van der Waals surface area contributed by atoms with Crippen LogP contribution >= 0.6 is 23.2 Å². The van der Waals surface area contributed by atoms with E-state index in [1.165, 1.54) is 6.20 Å². The topological polar surface area (TPSA) is 93.6 Å². The number of fused-ring (bicyclic) bond motifs is 2. The summed E-state index contributed by atoms with van der Waals surface area (Å²) in [4.78, 5) is 21.3. The predicted octanol–water partition coefficient (Wildman–Crippen LogP) is 6.92. The van der Waals surface area contributed by atoms with E-state index in [2.05, 4.69) is 21.9 Å². The summed E-state index contributed by atoms with van der Waals surface area (Å²) in [7, 11) is 0. The summed E-state index contributed by atoms with van der Waals surface area (Å²) < 4.78 is 11.6. The predicted molar refractivity (Wildman–Crippen MR) is 135 cm³/mol. The maximum absolute atomic E-state index is 12.7. The summed E-state index contributed by atoms with van der Waals surface area (Å²) in [6, 6.07) is 15.2. The lowest BCUT2D eigenvalue weighted by molar-refractivity contribution is 0.102. The first-order valence-electron chi connectivity index (χ1n) is 10.7. The highest BCUT2D eigenvalue weighted by Crippen LogP contribution is 2.43. The number of aliphatic hydroxyl groups excluding tert-OH is 1. The van der Waals surface area contributed by atoms with Crippen molar-refractivity contribution in [1.82, 2.24) is 9.97 Å². The molecule has 1 unspecified atom stereocenters. The molecule has 1 atom stereocenters. The number of halogens is 2. The van der Waals surface area contributed by atoms with Gasteiger partial charge in [-0.25, -0.2) is 4.98 Å². The van der Waals surface area contributed by atoms with Gasteiger partial charge in [-0.1, -0.05) is 29.8 Å². The van der Waals surface area contributed by atoms with Crippen molar-refractivity contribution in [3.8, 4) is 17.2 Å². The molecule has 1 aliphatic rings. The van der Waals surface area contributed by atoms with Gasteiger partial charge in [0.05, 0.1) is 34.6 Å². The van der Waals surface area contributed by atoms with Gasteiger partial charge >= 0.3 is 0 Å². The van der Waals surface area contributed by atoms with Crippen LogP contribution in [0.2, 0.25) is 10.0 Å². The van der Waals surface area contributed by atoms with Gasteiger partial charge in [-0.05, 0) is 55.0 Å². The molecule has 0 spiro atoms. The first-order valence-corrected chi connectivity index (χ1v) is 11.5. The Morgan fingerprint density at radius 2 is 1.91 bits per heavy atom. The number of carbonyl (C=O) groups is 1. The maximum atomic E-state index is 12.7. The van der Waals surface area contributed by atoms with E-state index < -0.39 is 0 Å². The van der Waals surface area contributed by atoms with Gasteiger partial charge in [0.15, 0.2) is 5.82 Å². The average Bonchev–Trinajstić information content (AvgIpc) is 2.84. The number of hydrogen-bond acceptors (Lipinski definition) is 6. The number of nitrogens with one attached hydrogen (secondary N) is 1. The molecule has 2 N–H and O–H groups in total. The molecule has 7 nitrogen and oxygen atoms in total. The van der Waals surface area contributed by atoms with Crippen molar-refractivity contribution in [1.29, 1.82) is 0 Å². The molecule has 35 heavy (non-hydrogen) atoms. The van der Waals surface area contributed by atoms with Gasteiger partial charge in [0.2, 0.25) is 0 Å². The lowest BCUT2D eigenvalue weighted by Crippen LogP contribution is -2.15. The molecule has 2 heterocycles. The molecule has 1 aromatic heterocycles. The van der Waals surface area contributed by atoms with E-state index in [0.717, 1.165) is 5.56 Å². The van der Waals surface area contributed by atoms with Crippen LogP contribution in [-0.2, 0) is 0 Å². The monoisotopic (exact) mass is 507 g/mol. The van der Waals surface area contributed by atoms with Gasteiger partial charge in [-0.3, -0.25) is 9.78 Å². The highest BCUT2D eigenvalue weighted by Gasteiger charge is 2.26. The molecule has 0 radical (unpaired) electrons. The molecule has 0 aliphatic carbocycles. The zero-order valence-corrected chi connectivity index (χ0v) is 19.8. The molecular formula is C26H19Cl2N3O4. The Hall–Kier alpha value is -3.81. The van der Waals surface area contributed by atoms with Crippen molar-refractivity contribution in [2.75, 3.05) is 11.9 Å². The maximum Gasteiger partial charge on any atom is 0.256 e. The van der Waals surface area contributed by atoms with Crippen molar-refractivity contribution in [2.45, 2.75) is 12.3 Å². The van der Waals surface area contributed by atoms with Crippen LogP contribution < -0.4 is 14.8 Å². The van der Waals surface area contributed by atoms with Crippen molar-refractivity contribution in [3.05, 3.63) is 94.3 Å². The molecule has 5 rings (SSSR count). The summed E-state index contributed by atoms with van der Waals surface area (Å²) in [5.74, 6) is 1.32.